The van der Waals surface area contributed by atoms with Crippen molar-refractivity contribution in [3.05, 3.63) is 0 Å². The molecule has 2 heteroatoms. The highest BCUT2D eigenvalue weighted by Crippen LogP contribution is 2.39. The summed E-state index contributed by atoms with van der Waals surface area (Å²) in [5.74, 6) is 1.06. The maximum Gasteiger partial charge on any atom is 0.00430 e. The van der Waals surface area contributed by atoms with Crippen molar-refractivity contribution in [2.24, 2.45) is 10.8 Å². The van der Waals surface area contributed by atoms with Gasteiger partial charge in [0.1, 0.15) is 0 Å². The van der Waals surface area contributed by atoms with Crippen LogP contribution in [-0.2, 0) is 0 Å². The van der Waals surface area contributed by atoms with Crippen LogP contribution in [0.25, 0.3) is 0 Å². The summed E-state index contributed by atoms with van der Waals surface area (Å²) >= 11 is 4.56. The van der Waals surface area contributed by atoms with Gasteiger partial charge in [-0.3, -0.25) is 0 Å². The van der Waals surface area contributed by atoms with Crippen LogP contribution in [-0.4, -0.2) is 30.8 Å². The zero-order valence-corrected chi connectivity index (χ0v) is 11.7. The van der Waals surface area contributed by atoms with Crippen LogP contribution in [0.4, 0.5) is 0 Å². The van der Waals surface area contributed by atoms with Crippen LogP contribution in [0.15, 0.2) is 0 Å². The smallest absolute Gasteiger partial charge is 0.00430 e. The van der Waals surface area contributed by atoms with Gasteiger partial charge in [-0.1, -0.05) is 33.6 Å². The van der Waals surface area contributed by atoms with Crippen LogP contribution in [0.1, 0.15) is 46.5 Å². The van der Waals surface area contributed by atoms with Gasteiger partial charge in [-0.2, -0.15) is 12.6 Å². The van der Waals surface area contributed by atoms with Crippen molar-refractivity contribution in [2.45, 2.75) is 46.5 Å². The third-order valence-corrected chi connectivity index (χ3v) is 4.02. The summed E-state index contributed by atoms with van der Waals surface area (Å²) in [4.78, 5) is 2.50. The zero-order chi connectivity index (χ0) is 11.5. The van der Waals surface area contributed by atoms with Crippen LogP contribution in [0, 0.1) is 10.8 Å². The molecule has 0 atom stereocenters. The van der Waals surface area contributed by atoms with Crippen molar-refractivity contribution >= 4 is 12.6 Å². The van der Waals surface area contributed by atoms with Gasteiger partial charge < -0.3 is 4.90 Å². The summed E-state index contributed by atoms with van der Waals surface area (Å²) in [7, 11) is 2.26. The Bertz CT molecular complexity index is 189. The SMILES string of the molecule is CN(CC(C)(C)C)CC1(CS)CCCC1. The van der Waals surface area contributed by atoms with E-state index in [-0.39, 0.29) is 0 Å². The minimum Gasteiger partial charge on any atom is -0.305 e. The molecule has 1 fully saturated rings. The van der Waals surface area contributed by atoms with E-state index >= 15 is 0 Å². The molecule has 1 nitrogen and oxygen atoms in total. The topological polar surface area (TPSA) is 3.24 Å². The number of hydrogen-bond donors (Lipinski definition) is 1. The molecule has 0 aromatic carbocycles. The normalized spacial score (nSPS) is 21.2. The summed E-state index contributed by atoms with van der Waals surface area (Å²) in [6, 6.07) is 0. The molecule has 1 rings (SSSR count). The highest BCUT2D eigenvalue weighted by atomic mass is 32.1. The van der Waals surface area contributed by atoms with Gasteiger partial charge >= 0.3 is 0 Å². The van der Waals surface area contributed by atoms with E-state index in [4.69, 9.17) is 0 Å². The standard InChI is InChI=1S/C13H27NS/c1-12(2,3)9-14(4)10-13(11-15)7-5-6-8-13/h15H,5-11H2,1-4H3. The lowest BCUT2D eigenvalue weighted by Gasteiger charge is -2.35. The minimum absolute atomic E-state index is 0.408. The second kappa shape index (κ2) is 5.09. The lowest BCUT2D eigenvalue weighted by molar-refractivity contribution is 0.156. The lowest BCUT2D eigenvalue weighted by atomic mass is 9.87. The van der Waals surface area contributed by atoms with Crippen LogP contribution >= 0.6 is 12.6 Å². The summed E-state index contributed by atoms with van der Waals surface area (Å²) in [5, 5.41) is 0. The first-order valence-electron chi connectivity index (χ1n) is 6.16. The molecular formula is C13H27NS. The van der Waals surface area contributed by atoms with Crippen molar-refractivity contribution in [3.8, 4) is 0 Å². The largest absolute Gasteiger partial charge is 0.305 e. The van der Waals surface area contributed by atoms with E-state index in [1.54, 1.807) is 0 Å². The average Bonchev–Trinajstić information content (AvgIpc) is 2.50. The Kier molecular flexibility index (Phi) is 4.54. The highest BCUT2D eigenvalue weighted by Gasteiger charge is 2.33. The molecule has 1 aliphatic carbocycles. The molecule has 1 aliphatic rings. The Hall–Kier alpha value is 0.310. The third-order valence-electron chi connectivity index (χ3n) is 3.35. The fourth-order valence-corrected chi connectivity index (χ4v) is 3.35. The van der Waals surface area contributed by atoms with Crippen LogP contribution in [0.2, 0.25) is 0 Å². The summed E-state index contributed by atoms with van der Waals surface area (Å²) in [6.07, 6.45) is 5.57. The van der Waals surface area contributed by atoms with Crippen molar-refractivity contribution in [3.63, 3.8) is 0 Å². The minimum atomic E-state index is 0.408. The molecule has 0 spiro atoms. The van der Waals surface area contributed by atoms with E-state index in [1.165, 1.54) is 38.8 Å². The van der Waals surface area contributed by atoms with E-state index in [0.29, 0.717) is 10.8 Å². The Labute approximate surface area is 101 Å². The van der Waals surface area contributed by atoms with Crippen LogP contribution in [0.5, 0.6) is 0 Å². The third kappa shape index (κ3) is 4.36. The molecule has 0 amide bonds. The summed E-state index contributed by atoms with van der Waals surface area (Å²) in [5.41, 5.74) is 0.925. The first-order chi connectivity index (χ1) is 6.87. The Balaban J connectivity index is 2.45. The quantitative estimate of drug-likeness (QED) is 0.723. The second-order valence-electron chi connectivity index (χ2n) is 6.60. The van der Waals surface area contributed by atoms with E-state index < -0.39 is 0 Å². The molecule has 0 heterocycles. The highest BCUT2D eigenvalue weighted by molar-refractivity contribution is 7.80. The van der Waals surface area contributed by atoms with E-state index in [9.17, 15) is 0 Å². The van der Waals surface area contributed by atoms with Gasteiger partial charge in [0.25, 0.3) is 0 Å². The van der Waals surface area contributed by atoms with Gasteiger partial charge in [-0.25, -0.2) is 0 Å². The van der Waals surface area contributed by atoms with Crippen LogP contribution in [0.3, 0.4) is 0 Å². The van der Waals surface area contributed by atoms with Crippen molar-refractivity contribution < 1.29 is 0 Å². The summed E-state index contributed by atoms with van der Waals surface area (Å²) < 4.78 is 0. The van der Waals surface area contributed by atoms with Crippen molar-refractivity contribution in [2.75, 3.05) is 25.9 Å². The number of nitrogens with zero attached hydrogens (tertiary/aromatic N) is 1. The molecule has 0 saturated heterocycles. The molecule has 0 N–H and O–H groups in total. The molecule has 0 aliphatic heterocycles. The molecule has 0 unspecified atom stereocenters. The molecular weight excluding hydrogens is 202 g/mol. The zero-order valence-electron chi connectivity index (χ0n) is 10.8. The van der Waals surface area contributed by atoms with E-state index in [0.717, 1.165) is 5.75 Å². The number of hydrogen-bond acceptors (Lipinski definition) is 2. The van der Waals surface area contributed by atoms with Gasteiger partial charge in [-0.05, 0) is 36.5 Å². The first-order valence-corrected chi connectivity index (χ1v) is 6.80. The van der Waals surface area contributed by atoms with Gasteiger partial charge in [0.2, 0.25) is 0 Å². The Morgan fingerprint density at radius 3 is 2.13 bits per heavy atom. The molecule has 90 valence electrons. The maximum atomic E-state index is 4.56. The Morgan fingerprint density at radius 2 is 1.73 bits per heavy atom. The first kappa shape index (κ1) is 13.4. The van der Waals surface area contributed by atoms with Gasteiger partial charge in [-0.15, -0.1) is 0 Å². The summed E-state index contributed by atoms with van der Waals surface area (Å²) in [6.45, 7) is 9.35. The van der Waals surface area contributed by atoms with Gasteiger partial charge in [0.15, 0.2) is 0 Å². The predicted octanol–water partition coefficient (Wildman–Crippen LogP) is 3.45. The van der Waals surface area contributed by atoms with Crippen LogP contribution < -0.4 is 0 Å². The Morgan fingerprint density at radius 1 is 1.20 bits per heavy atom. The number of rotatable bonds is 4. The molecule has 0 bridgehead atoms. The maximum absolute atomic E-state index is 4.56. The lowest BCUT2D eigenvalue weighted by Crippen LogP contribution is -2.39. The van der Waals surface area contributed by atoms with E-state index in [1.807, 2.05) is 0 Å². The van der Waals surface area contributed by atoms with E-state index in [2.05, 4.69) is 45.3 Å². The van der Waals surface area contributed by atoms with Crippen molar-refractivity contribution in [1.29, 1.82) is 0 Å². The van der Waals surface area contributed by atoms with Gasteiger partial charge in [0.05, 0.1) is 0 Å². The fourth-order valence-electron chi connectivity index (χ4n) is 2.93. The van der Waals surface area contributed by atoms with Crippen molar-refractivity contribution in [1.82, 2.24) is 4.90 Å². The monoisotopic (exact) mass is 229 g/mol. The molecule has 0 radical (unpaired) electrons. The molecule has 15 heavy (non-hydrogen) atoms. The fraction of sp³-hybridized carbons (Fsp3) is 1.00. The molecule has 0 aromatic heterocycles. The van der Waals surface area contributed by atoms with Gasteiger partial charge in [0, 0.05) is 13.1 Å². The number of thiol groups is 1. The second-order valence-corrected chi connectivity index (χ2v) is 6.91. The molecule has 0 aromatic rings. The predicted molar refractivity (Wildman–Crippen MR) is 71.7 cm³/mol. The average molecular weight is 229 g/mol. The molecule has 1 saturated carbocycles.